The van der Waals surface area contributed by atoms with Crippen LogP contribution in [0.3, 0.4) is 0 Å². The summed E-state index contributed by atoms with van der Waals surface area (Å²) in [5.41, 5.74) is 2.19. The summed E-state index contributed by atoms with van der Waals surface area (Å²) in [7, 11) is 0. The smallest absolute Gasteiger partial charge is 0.289 e. The van der Waals surface area contributed by atoms with Gasteiger partial charge in [0.15, 0.2) is 5.76 Å². The average Bonchev–Trinajstić information content (AvgIpc) is 3.13. The van der Waals surface area contributed by atoms with Crippen molar-refractivity contribution in [2.75, 3.05) is 26.2 Å². The van der Waals surface area contributed by atoms with Crippen molar-refractivity contribution in [2.45, 2.75) is 26.2 Å². The second-order valence-electron chi connectivity index (χ2n) is 6.77. The Morgan fingerprint density at radius 3 is 2.68 bits per heavy atom. The number of rotatable bonds is 1. The minimum absolute atomic E-state index is 0.0505. The molecule has 0 saturated carbocycles. The van der Waals surface area contributed by atoms with E-state index in [1.54, 1.807) is 0 Å². The molecule has 1 aromatic heterocycles. The third kappa shape index (κ3) is 2.13. The van der Waals surface area contributed by atoms with Crippen LogP contribution in [0.5, 0.6) is 0 Å². The highest BCUT2D eigenvalue weighted by atomic mass is 16.3. The summed E-state index contributed by atoms with van der Waals surface area (Å²) in [5.74, 6) is 0.566. The lowest BCUT2D eigenvalue weighted by Crippen LogP contribution is -2.44. The third-order valence-corrected chi connectivity index (χ3v) is 5.48. The van der Waals surface area contributed by atoms with Crippen LogP contribution in [0, 0.1) is 12.3 Å². The molecule has 4 heteroatoms. The Morgan fingerprint density at radius 1 is 1.23 bits per heavy atom. The van der Waals surface area contributed by atoms with Crippen LogP contribution in [0.2, 0.25) is 0 Å². The Morgan fingerprint density at radius 2 is 2.00 bits per heavy atom. The maximum Gasteiger partial charge on any atom is 0.289 e. The molecule has 1 spiro atoms. The van der Waals surface area contributed by atoms with E-state index in [1.807, 2.05) is 36.1 Å². The normalized spacial score (nSPS) is 20.9. The highest BCUT2D eigenvalue weighted by Crippen LogP contribution is 2.37. The van der Waals surface area contributed by atoms with Crippen molar-refractivity contribution in [1.82, 2.24) is 10.2 Å². The predicted octanol–water partition coefficient (Wildman–Crippen LogP) is 2.96. The molecular weight excluding hydrogens is 276 g/mol. The minimum atomic E-state index is 0.0505. The summed E-state index contributed by atoms with van der Waals surface area (Å²) in [4.78, 5) is 14.8. The number of fused-ring (bicyclic) bond motifs is 1. The van der Waals surface area contributed by atoms with Crippen LogP contribution in [-0.2, 0) is 0 Å². The first-order valence-electron chi connectivity index (χ1n) is 8.17. The predicted molar refractivity (Wildman–Crippen MR) is 86.0 cm³/mol. The second-order valence-corrected chi connectivity index (χ2v) is 6.77. The van der Waals surface area contributed by atoms with Gasteiger partial charge in [0.2, 0.25) is 0 Å². The van der Waals surface area contributed by atoms with Crippen molar-refractivity contribution in [2.24, 2.45) is 5.41 Å². The van der Waals surface area contributed by atoms with Crippen LogP contribution in [0.25, 0.3) is 11.0 Å². The zero-order chi connectivity index (χ0) is 15.2. The maximum absolute atomic E-state index is 12.8. The molecular formula is C18H22N2O2. The summed E-state index contributed by atoms with van der Waals surface area (Å²) in [5, 5.41) is 4.50. The van der Waals surface area contributed by atoms with Crippen LogP contribution < -0.4 is 5.32 Å². The van der Waals surface area contributed by atoms with Crippen LogP contribution in [0.1, 0.15) is 35.4 Å². The number of carbonyl (C=O) groups excluding carboxylic acids is 1. The monoisotopic (exact) mass is 298 g/mol. The Kier molecular flexibility index (Phi) is 3.22. The highest BCUT2D eigenvalue weighted by Gasteiger charge is 2.38. The minimum Gasteiger partial charge on any atom is -0.451 e. The summed E-state index contributed by atoms with van der Waals surface area (Å²) in [6, 6.07) is 7.86. The standard InChI is InChI=1S/C18H22N2O2/c1-13-14-4-2-3-5-15(14)22-16(13)17(21)20-10-7-18(8-11-20)6-9-19-12-18/h2-5,19H,6-12H2,1H3. The number of benzene rings is 1. The van der Waals surface area contributed by atoms with Crippen LogP contribution >= 0.6 is 0 Å². The number of hydrogen-bond donors (Lipinski definition) is 1. The molecule has 2 aliphatic rings. The average molecular weight is 298 g/mol. The Labute approximate surface area is 130 Å². The number of likely N-dealkylation sites (tertiary alicyclic amines) is 1. The summed E-state index contributed by atoms with van der Waals surface area (Å²) < 4.78 is 5.83. The molecule has 2 saturated heterocycles. The SMILES string of the molecule is Cc1c(C(=O)N2CCC3(CCNC3)CC2)oc2ccccc12. The van der Waals surface area contributed by atoms with Crippen molar-refractivity contribution in [3.05, 3.63) is 35.6 Å². The number of aryl methyl sites for hydroxylation is 1. The van der Waals surface area contributed by atoms with Gasteiger partial charge in [-0.15, -0.1) is 0 Å². The Bertz CT molecular complexity index is 703. The molecule has 1 amide bonds. The number of furan rings is 1. The van der Waals surface area contributed by atoms with Gasteiger partial charge in [-0.2, -0.15) is 0 Å². The second kappa shape index (κ2) is 5.13. The lowest BCUT2D eigenvalue weighted by Gasteiger charge is -2.38. The number of para-hydroxylation sites is 1. The van der Waals surface area contributed by atoms with Gasteiger partial charge in [0.05, 0.1) is 0 Å². The first-order chi connectivity index (χ1) is 10.7. The molecule has 2 fully saturated rings. The first-order valence-corrected chi connectivity index (χ1v) is 8.17. The van der Waals surface area contributed by atoms with E-state index in [0.29, 0.717) is 11.2 Å². The molecule has 0 aliphatic carbocycles. The summed E-state index contributed by atoms with van der Waals surface area (Å²) in [6.45, 7) is 5.90. The fraction of sp³-hybridized carbons (Fsp3) is 0.500. The van der Waals surface area contributed by atoms with Gasteiger partial charge in [-0.3, -0.25) is 4.79 Å². The van der Waals surface area contributed by atoms with Crippen LogP contribution in [0.4, 0.5) is 0 Å². The van der Waals surface area contributed by atoms with E-state index in [-0.39, 0.29) is 5.91 Å². The Balaban J connectivity index is 1.55. The van der Waals surface area contributed by atoms with Crippen molar-refractivity contribution in [1.29, 1.82) is 0 Å². The van der Waals surface area contributed by atoms with Gasteiger partial charge >= 0.3 is 0 Å². The molecule has 3 heterocycles. The Hall–Kier alpha value is -1.81. The number of amides is 1. The van der Waals surface area contributed by atoms with E-state index >= 15 is 0 Å². The van der Waals surface area contributed by atoms with Gasteiger partial charge in [0.25, 0.3) is 5.91 Å². The molecule has 0 radical (unpaired) electrons. The van der Waals surface area contributed by atoms with Gasteiger partial charge in [-0.25, -0.2) is 0 Å². The summed E-state index contributed by atoms with van der Waals surface area (Å²) >= 11 is 0. The van der Waals surface area contributed by atoms with E-state index in [1.165, 1.54) is 6.42 Å². The van der Waals surface area contributed by atoms with Gasteiger partial charge in [-0.1, -0.05) is 18.2 Å². The maximum atomic E-state index is 12.8. The zero-order valence-corrected chi connectivity index (χ0v) is 13.0. The van der Waals surface area contributed by atoms with E-state index in [0.717, 1.165) is 55.6 Å². The number of nitrogens with one attached hydrogen (secondary N) is 1. The van der Waals surface area contributed by atoms with Gasteiger partial charge in [0.1, 0.15) is 5.58 Å². The van der Waals surface area contributed by atoms with E-state index in [4.69, 9.17) is 4.42 Å². The molecule has 0 bridgehead atoms. The first kappa shape index (κ1) is 13.8. The molecule has 116 valence electrons. The fourth-order valence-electron chi connectivity index (χ4n) is 3.93. The van der Waals surface area contributed by atoms with E-state index in [2.05, 4.69) is 5.32 Å². The quantitative estimate of drug-likeness (QED) is 0.880. The lowest BCUT2D eigenvalue weighted by atomic mass is 9.78. The molecule has 2 aliphatic heterocycles. The molecule has 0 atom stereocenters. The van der Waals surface area contributed by atoms with Crippen molar-refractivity contribution in [3.8, 4) is 0 Å². The number of nitrogens with zero attached hydrogens (tertiary/aromatic N) is 1. The van der Waals surface area contributed by atoms with Gasteiger partial charge < -0.3 is 14.6 Å². The number of piperidine rings is 1. The zero-order valence-electron chi connectivity index (χ0n) is 13.0. The van der Waals surface area contributed by atoms with Crippen molar-refractivity contribution >= 4 is 16.9 Å². The van der Waals surface area contributed by atoms with E-state index in [9.17, 15) is 4.79 Å². The molecule has 1 N–H and O–H groups in total. The van der Waals surface area contributed by atoms with E-state index < -0.39 is 0 Å². The number of carbonyl (C=O) groups is 1. The highest BCUT2D eigenvalue weighted by molar-refractivity contribution is 5.98. The van der Waals surface area contributed by atoms with Crippen molar-refractivity contribution < 1.29 is 9.21 Å². The van der Waals surface area contributed by atoms with Crippen LogP contribution in [-0.4, -0.2) is 37.0 Å². The largest absolute Gasteiger partial charge is 0.451 e. The molecule has 0 unspecified atom stereocenters. The summed E-state index contributed by atoms with van der Waals surface area (Å²) in [6.07, 6.45) is 3.45. The molecule has 4 nitrogen and oxygen atoms in total. The van der Waals surface area contributed by atoms with Gasteiger partial charge in [-0.05, 0) is 44.2 Å². The van der Waals surface area contributed by atoms with Crippen LogP contribution in [0.15, 0.2) is 28.7 Å². The lowest BCUT2D eigenvalue weighted by molar-refractivity contribution is 0.0578. The molecule has 1 aromatic carbocycles. The topological polar surface area (TPSA) is 45.5 Å². The molecule has 2 aromatic rings. The van der Waals surface area contributed by atoms with Crippen molar-refractivity contribution in [3.63, 3.8) is 0 Å². The third-order valence-electron chi connectivity index (χ3n) is 5.48. The van der Waals surface area contributed by atoms with Gasteiger partial charge in [0, 0.05) is 30.6 Å². The molecule has 22 heavy (non-hydrogen) atoms. The fourth-order valence-corrected chi connectivity index (χ4v) is 3.93. The molecule has 4 rings (SSSR count). The number of hydrogen-bond acceptors (Lipinski definition) is 3.